The molecule has 24 heavy (non-hydrogen) atoms. The normalized spacial score (nSPS) is 26.5. The second kappa shape index (κ2) is 6.61. The van der Waals surface area contributed by atoms with E-state index in [0.717, 1.165) is 12.3 Å². The fraction of sp³-hybridized carbons (Fsp3) is 0.588. The summed E-state index contributed by atoms with van der Waals surface area (Å²) < 4.78 is 57.8. The van der Waals surface area contributed by atoms with Crippen LogP contribution in [-0.4, -0.2) is 18.6 Å². The molecule has 0 saturated heterocycles. The van der Waals surface area contributed by atoms with Crippen molar-refractivity contribution in [2.75, 3.05) is 6.61 Å². The standard InChI is InChI=1S/C17H19F4NO2/c1-8(11-5-9-2-3-10(11)4-9)22-14(23)7-24-17-15(20)12(18)6-13(19)16(17)21/h6,8-11H,2-5,7H2,1H3,(H,22,23)/t8-,9-,10-,11+/m0/s1. The highest BCUT2D eigenvalue weighted by Crippen LogP contribution is 2.49. The van der Waals surface area contributed by atoms with Crippen molar-refractivity contribution in [3.63, 3.8) is 0 Å². The lowest BCUT2D eigenvalue weighted by Gasteiger charge is -2.28. The molecule has 0 spiro atoms. The van der Waals surface area contributed by atoms with Crippen LogP contribution in [0, 0.1) is 41.0 Å². The van der Waals surface area contributed by atoms with E-state index in [9.17, 15) is 22.4 Å². The van der Waals surface area contributed by atoms with Gasteiger partial charge in [-0.1, -0.05) is 6.42 Å². The summed E-state index contributed by atoms with van der Waals surface area (Å²) >= 11 is 0. The quantitative estimate of drug-likeness (QED) is 0.655. The van der Waals surface area contributed by atoms with Crippen molar-refractivity contribution in [3.8, 4) is 5.75 Å². The number of nitrogens with one attached hydrogen (secondary N) is 1. The molecule has 0 aliphatic heterocycles. The van der Waals surface area contributed by atoms with E-state index in [1.165, 1.54) is 19.3 Å². The molecular weight excluding hydrogens is 326 g/mol. The molecule has 2 saturated carbocycles. The molecule has 2 aliphatic rings. The minimum atomic E-state index is -1.65. The number of hydrogen-bond acceptors (Lipinski definition) is 2. The molecule has 0 heterocycles. The molecule has 4 atom stereocenters. The van der Waals surface area contributed by atoms with Crippen LogP contribution >= 0.6 is 0 Å². The zero-order valence-electron chi connectivity index (χ0n) is 13.3. The van der Waals surface area contributed by atoms with Crippen LogP contribution in [0.5, 0.6) is 5.75 Å². The van der Waals surface area contributed by atoms with E-state index >= 15 is 0 Å². The minimum Gasteiger partial charge on any atom is -0.477 e. The van der Waals surface area contributed by atoms with Gasteiger partial charge in [-0.3, -0.25) is 4.79 Å². The average molecular weight is 345 g/mol. The molecule has 3 nitrogen and oxygen atoms in total. The number of carbonyl (C=O) groups excluding carboxylic acids is 1. The Morgan fingerprint density at radius 3 is 2.42 bits per heavy atom. The third-order valence-electron chi connectivity index (χ3n) is 5.24. The first-order valence-corrected chi connectivity index (χ1v) is 8.12. The third kappa shape index (κ3) is 3.21. The Kier molecular flexibility index (Phi) is 4.69. The second-order valence-electron chi connectivity index (χ2n) is 6.78. The van der Waals surface area contributed by atoms with Crippen molar-refractivity contribution in [3.05, 3.63) is 29.3 Å². The van der Waals surface area contributed by atoms with E-state index in [0.29, 0.717) is 11.8 Å². The molecule has 1 amide bonds. The van der Waals surface area contributed by atoms with E-state index in [2.05, 4.69) is 10.1 Å². The van der Waals surface area contributed by atoms with Crippen LogP contribution in [0.1, 0.15) is 32.6 Å². The maximum Gasteiger partial charge on any atom is 0.258 e. The molecule has 2 fully saturated rings. The van der Waals surface area contributed by atoms with Crippen LogP contribution in [0.4, 0.5) is 17.6 Å². The Hall–Kier alpha value is -1.79. The number of amides is 1. The molecule has 0 radical (unpaired) electrons. The smallest absolute Gasteiger partial charge is 0.258 e. The van der Waals surface area contributed by atoms with Crippen LogP contribution in [0.15, 0.2) is 6.07 Å². The van der Waals surface area contributed by atoms with Gasteiger partial charge in [0.15, 0.2) is 24.0 Å². The number of ether oxygens (including phenoxy) is 1. The van der Waals surface area contributed by atoms with Gasteiger partial charge in [-0.05, 0) is 43.9 Å². The monoisotopic (exact) mass is 345 g/mol. The van der Waals surface area contributed by atoms with Crippen molar-refractivity contribution >= 4 is 5.91 Å². The maximum atomic E-state index is 13.5. The van der Waals surface area contributed by atoms with Gasteiger partial charge in [-0.2, -0.15) is 8.78 Å². The van der Waals surface area contributed by atoms with Gasteiger partial charge in [0.1, 0.15) is 0 Å². The molecule has 7 heteroatoms. The van der Waals surface area contributed by atoms with Gasteiger partial charge in [-0.25, -0.2) is 8.78 Å². The number of fused-ring (bicyclic) bond motifs is 2. The van der Waals surface area contributed by atoms with Gasteiger partial charge >= 0.3 is 0 Å². The number of carbonyl (C=O) groups is 1. The van der Waals surface area contributed by atoms with E-state index in [4.69, 9.17) is 0 Å². The summed E-state index contributed by atoms with van der Waals surface area (Å²) in [6.45, 7) is 1.19. The third-order valence-corrected chi connectivity index (χ3v) is 5.24. The van der Waals surface area contributed by atoms with Crippen molar-refractivity contribution in [2.24, 2.45) is 17.8 Å². The molecule has 2 aliphatic carbocycles. The highest BCUT2D eigenvalue weighted by Gasteiger charge is 2.42. The lowest BCUT2D eigenvalue weighted by Crippen LogP contribution is -2.42. The minimum absolute atomic E-state index is 0.0738. The Morgan fingerprint density at radius 2 is 1.88 bits per heavy atom. The first-order valence-electron chi connectivity index (χ1n) is 8.12. The summed E-state index contributed by atoms with van der Waals surface area (Å²) in [4.78, 5) is 11.9. The van der Waals surface area contributed by atoms with E-state index < -0.39 is 41.5 Å². The predicted octanol–water partition coefficient (Wildman–Crippen LogP) is 3.56. The van der Waals surface area contributed by atoms with Crippen molar-refractivity contribution in [1.82, 2.24) is 5.32 Å². The molecule has 3 rings (SSSR count). The molecule has 0 aromatic heterocycles. The Bertz CT molecular complexity index is 626. The topological polar surface area (TPSA) is 38.3 Å². The zero-order valence-corrected chi connectivity index (χ0v) is 13.3. The molecular formula is C17H19F4NO2. The fourth-order valence-electron chi connectivity index (χ4n) is 4.12. The molecule has 1 N–H and O–H groups in total. The summed E-state index contributed by atoms with van der Waals surface area (Å²) in [6.07, 6.45) is 4.69. The van der Waals surface area contributed by atoms with Crippen LogP contribution in [-0.2, 0) is 4.79 Å². The number of rotatable bonds is 5. The second-order valence-corrected chi connectivity index (χ2v) is 6.78. The highest BCUT2D eigenvalue weighted by molar-refractivity contribution is 5.77. The molecule has 0 unspecified atom stereocenters. The number of hydrogen-bond donors (Lipinski definition) is 1. The first-order chi connectivity index (χ1) is 11.4. The first kappa shape index (κ1) is 17.0. The summed E-state index contributed by atoms with van der Waals surface area (Å²) in [5.74, 6) is -6.49. The summed E-state index contributed by atoms with van der Waals surface area (Å²) in [5.41, 5.74) is 0. The van der Waals surface area contributed by atoms with E-state index in [1.807, 2.05) is 6.92 Å². The molecule has 1 aromatic carbocycles. The fourth-order valence-corrected chi connectivity index (χ4v) is 4.12. The highest BCUT2D eigenvalue weighted by atomic mass is 19.2. The van der Waals surface area contributed by atoms with Crippen LogP contribution in [0.2, 0.25) is 0 Å². The maximum absolute atomic E-state index is 13.5. The van der Waals surface area contributed by atoms with Crippen LogP contribution in [0.3, 0.4) is 0 Å². The van der Waals surface area contributed by atoms with E-state index in [1.54, 1.807) is 0 Å². The van der Waals surface area contributed by atoms with Crippen LogP contribution in [0.25, 0.3) is 0 Å². The van der Waals surface area contributed by atoms with Gasteiger partial charge in [0, 0.05) is 12.1 Å². The van der Waals surface area contributed by atoms with Crippen molar-refractivity contribution in [1.29, 1.82) is 0 Å². The van der Waals surface area contributed by atoms with Gasteiger partial charge in [-0.15, -0.1) is 0 Å². The molecule has 1 aromatic rings. The predicted molar refractivity (Wildman–Crippen MR) is 78.3 cm³/mol. The molecule has 132 valence electrons. The largest absolute Gasteiger partial charge is 0.477 e. The summed E-state index contributed by atoms with van der Waals surface area (Å²) in [7, 11) is 0. The lowest BCUT2D eigenvalue weighted by atomic mass is 9.84. The van der Waals surface area contributed by atoms with Gasteiger partial charge < -0.3 is 10.1 Å². The summed E-state index contributed by atoms with van der Waals surface area (Å²) in [6, 6.07) is 0.0183. The average Bonchev–Trinajstić information content (AvgIpc) is 3.16. The number of benzene rings is 1. The lowest BCUT2D eigenvalue weighted by molar-refractivity contribution is -0.124. The van der Waals surface area contributed by atoms with E-state index in [-0.39, 0.29) is 12.1 Å². The van der Waals surface area contributed by atoms with Crippen molar-refractivity contribution < 1.29 is 27.1 Å². The Labute approximate surface area is 137 Å². The van der Waals surface area contributed by atoms with Gasteiger partial charge in [0.25, 0.3) is 5.91 Å². The van der Waals surface area contributed by atoms with Gasteiger partial charge in [0.05, 0.1) is 0 Å². The zero-order chi connectivity index (χ0) is 17.4. The number of halogens is 4. The van der Waals surface area contributed by atoms with Crippen LogP contribution < -0.4 is 10.1 Å². The molecule has 2 bridgehead atoms. The Morgan fingerprint density at radius 1 is 1.21 bits per heavy atom. The van der Waals surface area contributed by atoms with Gasteiger partial charge in [0.2, 0.25) is 11.6 Å². The summed E-state index contributed by atoms with van der Waals surface area (Å²) in [5, 5.41) is 2.75. The van der Waals surface area contributed by atoms with Crippen molar-refractivity contribution in [2.45, 2.75) is 38.6 Å². The SMILES string of the molecule is C[C@H](NC(=O)COc1c(F)c(F)cc(F)c1F)[C@H]1C[C@H]2CC[C@H]1C2. The Balaban J connectivity index is 1.56.